The molecule has 2 aromatic heterocycles. The van der Waals surface area contributed by atoms with Crippen molar-refractivity contribution in [2.75, 3.05) is 0 Å². The predicted octanol–water partition coefficient (Wildman–Crippen LogP) is 11.7. The van der Waals surface area contributed by atoms with Crippen molar-refractivity contribution < 1.29 is 26.2 Å². The molecule has 0 atom stereocenters. The maximum atomic E-state index is 11.3. The predicted molar refractivity (Wildman–Crippen MR) is 214 cm³/mol. The van der Waals surface area contributed by atoms with Gasteiger partial charge in [-0.25, -0.2) is 9.97 Å². The summed E-state index contributed by atoms with van der Waals surface area (Å²) < 4.78 is 2.21. The maximum absolute atomic E-state index is 11.3. The largest absolute Gasteiger partial charge is 0.507 e. The zero-order valence-electron chi connectivity index (χ0n) is 30.8. The van der Waals surface area contributed by atoms with Gasteiger partial charge in [0, 0.05) is 55.0 Å². The number of hydrogen-bond acceptors (Lipinski definition) is 4. The van der Waals surface area contributed by atoms with E-state index in [-0.39, 0.29) is 37.6 Å². The summed E-state index contributed by atoms with van der Waals surface area (Å²) in [5, 5.41) is 12.3. The third kappa shape index (κ3) is 6.82. The molecule has 0 amide bonds. The van der Waals surface area contributed by atoms with Gasteiger partial charge in [0.2, 0.25) is 0 Å². The van der Waals surface area contributed by atoms with Gasteiger partial charge in [-0.3, -0.25) is 4.98 Å². The van der Waals surface area contributed by atoms with E-state index in [0.717, 1.165) is 72.4 Å². The second-order valence-corrected chi connectivity index (χ2v) is 15.6. The number of imidazole rings is 1. The Labute approximate surface area is 325 Å². The number of benzene rings is 6. The van der Waals surface area contributed by atoms with Crippen LogP contribution in [-0.4, -0.2) is 24.6 Å². The molecule has 0 radical (unpaired) electrons. The van der Waals surface area contributed by atoms with E-state index < -0.39 is 0 Å². The number of phenols is 1. The third-order valence-corrected chi connectivity index (χ3v) is 9.87. The van der Waals surface area contributed by atoms with E-state index in [9.17, 15) is 5.11 Å². The Morgan fingerprint density at radius 1 is 0.604 bits per heavy atom. The van der Waals surface area contributed by atoms with Crippen molar-refractivity contribution in [1.82, 2.24) is 19.5 Å². The van der Waals surface area contributed by atoms with Crippen molar-refractivity contribution in [2.45, 2.75) is 52.4 Å². The first-order valence-corrected chi connectivity index (χ1v) is 17.7. The molecule has 0 spiro atoms. The van der Waals surface area contributed by atoms with Gasteiger partial charge in [-0.2, -0.15) is 0 Å². The van der Waals surface area contributed by atoms with Crippen LogP contribution in [0.3, 0.4) is 0 Å². The SMILES string of the molecule is CC(C)(C)c1ccc(-n2c(-c3[c-]c(-c4cc(C(C)(C)C)cc5cncnc45)ccc3)nc3c(-c4cc(-c5ccccc5)ccc4O)cccc32)cc1.[Pt]. The zero-order valence-corrected chi connectivity index (χ0v) is 33.0. The molecule has 8 aromatic rings. The number of para-hydroxylation sites is 1. The summed E-state index contributed by atoms with van der Waals surface area (Å²) in [7, 11) is 0. The number of rotatable bonds is 5. The van der Waals surface area contributed by atoms with Gasteiger partial charge in [0.05, 0.1) is 16.9 Å². The second kappa shape index (κ2) is 13.9. The Morgan fingerprint density at radius 2 is 1.32 bits per heavy atom. The maximum Gasteiger partial charge on any atom is 0.123 e. The average Bonchev–Trinajstić information content (AvgIpc) is 3.54. The van der Waals surface area contributed by atoms with E-state index in [0.29, 0.717) is 0 Å². The van der Waals surface area contributed by atoms with Crippen LogP contribution in [0.5, 0.6) is 5.75 Å². The summed E-state index contributed by atoms with van der Waals surface area (Å²) in [4.78, 5) is 14.5. The van der Waals surface area contributed by atoms with Crippen LogP contribution in [0.15, 0.2) is 134 Å². The van der Waals surface area contributed by atoms with Crippen LogP contribution in [-0.2, 0) is 31.9 Å². The average molecular weight is 873 g/mol. The van der Waals surface area contributed by atoms with Crippen LogP contribution in [0.1, 0.15) is 52.7 Å². The van der Waals surface area contributed by atoms with Crippen LogP contribution in [0.25, 0.3) is 72.4 Å². The number of hydrogen-bond donors (Lipinski definition) is 1. The first-order chi connectivity index (χ1) is 25.0. The standard InChI is InChI=1S/C47H41N4O.Pt/c1-46(2,3)35-19-21-37(22-20-35)51-41-17-11-16-38(40-26-31(18-23-42(40)52)30-12-8-7-9-13-30)44(41)50-45(51)33-15-10-14-32(24-33)39-27-36(47(4,5)6)25-34-28-48-29-49-43(34)39;/h7-23,25-29,52H,1-6H3;/q-1;. The molecule has 6 aromatic carbocycles. The molecule has 0 aliphatic carbocycles. The summed E-state index contributed by atoms with van der Waals surface area (Å²) in [5.41, 5.74) is 12.5. The van der Waals surface area contributed by atoms with E-state index in [1.165, 1.54) is 11.1 Å². The van der Waals surface area contributed by atoms with Gasteiger partial charge in [0.1, 0.15) is 12.1 Å². The summed E-state index contributed by atoms with van der Waals surface area (Å²) in [6.07, 6.45) is 3.49. The second-order valence-electron chi connectivity index (χ2n) is 15.6. The van der Waals surface area contributed by atoms with Crippen molar-refractivity contribution in [3.8, 4) is 56.2 Å². The normalized spacial score (nSPS) is 11.9. The quantitative estimate of drug-likeness (QED) is 0.175. The Kier molecular flexibility index (Phi) is 9.42. The van der Waals surface area contributed by atoms with E-state index in [4.69, 9.17) is 9.97 Å². The molecular formula is C47H41N4OPt-. The van der Waals surface area contributed by atoms with Crippen LogP contribution >= 0.6 is 0 Å². The molecule has 53 heavy (non-hydrogen) atoms. The third-order valence-electron chi connectivity index (χ3n) is 9.87. The number of nitrogens with zero attached hydrogens (tertiary/aromatic N) is 4. The molecule has 8 rings (SSSR count). The Morgan fingerprint density at radius 3 is 2.06 bits per heavy atom. The fourth-order valence-corrected chi connectivity index (χ4v) is 6.93. The van der Waals surface area contributed by atoms with E-state index in [1.807, 2.05) is 42.6 Å². The number of aromatic hydroxyl groups is 1. The minimum absolute atomic E-state index is 0. The van der Waals surface area contributed by atoms with E-state index >= 15 is 0 Å². The number of fused-ring (bicyclic) bond motifs is 2. The van der Waals surface area contributed by atoms with Gasteiger partial charge in [0.25, 0.3) is 0 Å². The van der Waals surface area contributed by atoms with Crippen molar-refractivity contribution in [1.29, 1.82) is 0 Å². The molecule has 0 unspecified atom stereocenters. The summed E-state index contributed by atoms with van der Waals surface area (Å²) in [6, 6.07) is 45.4. The van der Waals surface area contributed by atoms with Gasteiger partial charge in [0.15, 0.2) is 0 Å². The molecule has 6 heteroatoms. The molecule has 0 saturated carbocycles. The van der Waals surface area contributed by atoms with E-state index in [2.05, 4.69) is 136 Å². The van der Waals surface area contributed by atoms with E-state index in [1.54, 1.807) is 12.4 Å². The minimum Gasteiger partial charge on any atom is -0.507 e. The fourth-order valence-electron chi connectivity index (χ4n) is 6.93. The van der Waals surface area contributed by atoms with Crippen LogP contribution in [0, 0.1) is 6.07 Å². The van der Waals surface area contributed by atoms with Gasteiger partial charge in [-0.05, 0) is 69.5 Å². The Bertz CT molecular complexity index is 2590. The van der Waals surface area contributed by atoms with Crippen molar-refractivity contribution >= 4 is 21.9 Å². The molecule has 0 aliphatic heterocycles. The minimum atomic E-state index is -0.0661. The zero-order chi connectivity index (χ0) is 36.2. The molecule has 1 N–H and O–H groups in total. The Hall–Kier alpha value is -5.38. The van der Waals surface area contributed by atoms with Crippen molar-refractivity contribution in [3.05, 3.63) is 151 Å². The Balaban J connectivity index is 0.00000435. The van der Waals surface area contributed by atoms with Gasteiger partial charge in [-0.15, -0.1) is 29.8 Å². The van der Waals surface area contributed by atoms with Gasteiger partial charge < -0.3 is 9.67 Å². The van der Waals surface area contributed by atoms with Gasteiger partial charge in [-0.1, -0.05) is 119 Å². The molecule has 2 heterocycles. The van der Waals surface area contributed by atoms with Crippen LogP contribution < -0.4 is 0 Å². The molecule has 0 bridgehead atoms. The van der Waals surface area contributed by atoms with Crippen molar-refractivity contribution in [2.24, 2.45) is 0 Å². The molecule has 5 nitrogen and oxygen atoms in total. The molecule has 266 valence electrons. The number of aromatic nitrogens is 4. The smallest absolute Gasteiger partial charge is 0.123 e. The fraction of sp³-hybridized carbons (Fsp3) is 0.170. The van der Waals surface area contributed by atoms with Crippen LogP contribution in [0.4, 0.5) is 0 Å². The molecule has 0 aliphatic rings. The van der Waals surface area contributed by atoms with Crippen LogP contribution in [0.2, 0.25) is 0 Å². The summed E-state index contributed by atoms with van der Waals surface area (Å²) in [6.45, 7) is 13.4. The topological polar surface area (TPSA) is 63.8 Å². The monoisotopic (exact) mass is 872 g/mol. The first-order valence-electron chi connectivity index (χ1n) is 17.7. The summed E-state index contributed by atoms with van der Waals surface area (Å²) in [5.74, 6) is 0.969. The van der Waals surface area contributed by atoms with Crippen molar-refractivity contribution in [3.63, 3.8) is 0 Å². The molecule has 0 saturated heterocycles. The van der Waals surface area contributed by atoms with Gasteiger partial charge >= 0.3 is 0 Å². The first kappa shape index (κ1) is 36.0. The number of phenolic OH excluding ortho intramolecular Hbond substituents is 1. The summed E-state index contributed by atoms with van der Waals surface area (Å²) >= 11 is 0. The molecule has 0 fully saturated rings. The molecular weight excluding hydrogens is 832 g/mol.